The topological polar surface area (TPSA) is 75.7 Å². The maximum absolute atomic E-state index is 12.3. The summed E-state index contributed by atoms with van der Waals surface area (Å²) < 4.78 is 33.4. The minimum absolute atomic E-state index is 0.0300. The van der Waals surface area contributed by atoms with Crippen LogP contribution in [0.3, 0.4) is 0 Å². The van der Waals surface area contributed by atoms with E-state index in [0.717, 1.165) is 6.42 Å². The van der Waals surface area contributed by atoms with Gasteiger partial charge in [0.15, 0.2) is 0 Å². The van der Waals surface area contributed by atoms with Gasteiger partial charge in [-0.3, -0.25) is 4.79 Å². The van der Waals surface area contributed by atoms with Gasteiger partial charge in [-0.2, -0.15) is 0 Å². The van der Waals surface area contributed by atoms with Gasteiger partial charge in [0.1, 0.15) is 47.1 Å². The van der Waals surface area contributed by atoms with E-state index in [1.54, 1.807) is 11.8 Å². The highest BCUT2D eigenvalue weighted by atomic mass is 32.2. The molecule has 1 saturated carbocycles. The molecule has 1 heterocycles. The van der Waals surface area contributed by atoms with Crippen molar-refractivity contribution < 1.29 is 17.9 Å². The van der Waals surface area contributed by atoms with Gasteiger partial charge in [-0.05, 0) is 18.8 Å². The Morgan fingerprint density at radius 2 is 1.65 bits per heavy atom. The largest absolute Gasteiger partial charge is 0.383 e. The van der Waals surface area contributed by atoms with Gasteiger partial charge in [0.2, 0.25) is 15.9 Å². The highest BCUT2D eigenvalue weighted by molar-refractivity contribution is 7.88. The summed E-state index contributed by atoms with van der Waals surface area (Å²) in [5.41, 5.74) is -0.344. The molecule has 4 unspecified atom stereocenters. The third-order valence-electron chi connectivity index (χ3n) is 9.63. The lowest BCUT2D eigenvalue weighted by molar-refractivity contribution is -0.137. The molecular formula is C18H40B6N2O4S. The molecule has 170 valence electrons. The predicted molar refractivity (Wildman–Crippen MR) is 145 cm³/mol. The number of hydrogen-bond acceptors (Lipinski definition) is 4. The number of likely N-dealkylation sites (tertiary alicyclic amines) is 1. The molecule has 31 heavy (non-hydrogen) atoms. The van der Waals surface area contributed by atoms with Crippen molar-refractivity contribution in [3.63, 3.8) is 0 Å². The fraction of sp³-hybridized carbons (Fsp3) is 0.944. The van der Waals surface area contributed by atoms with Crippen LogP contribution in [0, 0.1) is 5.92 Å². The highest BCUT2D eigenvalue weighted by Crippen LogP contribution is 2.67. The molecule has 2 rings (SSSR count). The lowest BCUT2D eigenvalue weighted by Gasteiger charge is -2.62. The summed E-state index contributed by atoms with van der Waals surface area (Å²) in [7, 11) is 10.6. The summed E-state index contributed by atoms with van der Waals surface area (Å²) in [6, 6.07) is -0.609. The van der Waals surface area contributed by atoms with E-state index in [2.05, 4.69) is 65.6 Å². The third kappa shape index (κ3) is 5.13. The van der Waals surface area contributed by atoms with E-state index in [9.17, 15) is 13.2 Å². The summed E-state index contributed by atoms with van der Waals surface area (Å²) in [5.74, 6) is 2.16. The standard InChI is InChI=1S/C18H40B6N2O4S/c1-9(2)17(23)13(19)15(21)18(24,16(22)14(17)20)30-8-12-11(25-31(4,28)29)6-5-7-26(12)10(3)27/h9,11-16,25H,5-8,19-24H2,1-4H3/t11-,12-,13?,14?,15?,16?,17-,18-/m0/s1. The molecule has 13 heteroatoms. The zero-order chi connectivity index (χ0) is 23.9. The maximum atomic E-state index is 12.3. The summed E-state index contributed by atoms with van der Waals surface area (Å²) in [5, 5.41) is 0.221. The first-order chi connectivity index (χ1) is 14.1. The van der Waals surface area contributed by atoms with Crippen molar-refractivity contribution in [1.82, 2.24) is 9.62 Å². The number of hydrogen-bond donors (Lipinski definition) is 1. The summed E-state index contributed by atoms with van der Waals surface area (Å²) >= 11 is 0. The molecule has 0 aromatic heterocycles. The Kier molecular flexibility index (Phi) is 8.30. The van der Waals surface area contributed by atoms with Crippen molar-refractivity contribution in [2.75, 3.05) is 19.4 Å². The van der Waals surface area contributed by atoms with Crippen LogP contribution in [0.15, 0.2) is 0 Å². The van der Waals surface area contributed by atoms with Crippen molar-refractivity contribution in [1.29, 1.82) is 0 Å². The number of sulfonamides is 1. The van der Waals surface area contributed by atoms with Crippen LogP contribution < -0.4 is 4.72 Å². The van der Waals surface area contributed by atoms with Crippen LogP contribution in [0.5, 0.6) is 0 Å². The van der Waals surface area contributed by atoms with Gasteiger partial charge < -0.3 is 9.64 Å². The molecule has 1 amide bonds. The van der Waals surface area contributed by atoms with Gasteiger partial charge in [0.25, 0.3) is 0 Å². The average Bonchev–Trinajstić information content (AvgIpc) is 2.67. The third-order valence-corrected chi connectivity index (χ3v) is 10.4. The number of amides is 1. The van der Waals surface area contributed by atoms with E-state index >= 15 is 0 Å². The fourth-order valence-electron chi connectivity index (χ4n) is 6.55. The lowest BCUT2D eigenvalue weighted by atomic mass is 9.25. The quantitative estimate of drug-likeness (QED) is 0.429. The smallest absolute Gasteiger partial charge is 0.219 e. The molecule has 0 bridgehead atoms. The lowest BCUT2D eigenvalue weighted by Crippen LogP contribution is -2.61. The number of carbonyl (C=O) groups is 1. The molecule has 0 aromatic carbocycles. The Morgan fingerprint density at radius 1 is 1.13 bits per heavy atom. The SMILES string of the molecule is BC1C(B)[C@](B)(C(C)C)C(B)C(B)[C@]1(B)OC[C@H]1[C@@H](NS(C)(=O)=O)CCCN1C(C)=O. The van der Waals surface area contributed by atoms with Crippen LogP contribution in [0.25, 0.3) is 0 Å². The second kappa shape index (κ2) is 9.54. The van der Waals surface area contributed by atoms with Gasteiger partial charge in [0.05, 0.1) is 18.9 Å². The predicted octanol–water partition coefficient (Wildman–Crippen LogP) is -3.59. The van der Waals surface area contributed by atoms with E-state index in [-0.39, 0.29) is 28.8 Å². The van der Waals surface area contributed by atoms with Crippen molar-refractivity contribution in [3.8, 4) is 0 Å². The number of piperidine rings is 1. The van der Waals surface area contributed by atoms with Crippen LogP contribution in [-0.2, 0) is 19.6 Å². The Balaban J connectivity index is 2.31. The fourth-order valence-corrected chi connectivity index (χ4v) is 7.37. The van der Waals surface area contributed by atoms with Crippen LogP contribution in [0.4, 0.5) is 0 Å². The number of nitrogens with one attached hydrogen (secondary N) is 1. The molecule has 1 saturated heterocycles. The van der Waals surface area contributed by atoms with E-state index in [1.165, 1.54) is 6.26 Å². The van der Waals surface area contributed by atoms with Gasteiger partial charge in [-0.1, -0.05) is 42.4 Å². The minimum atomic E-state index is -3.37. The van der Waals surface area contributed by atoms with Gasteiger partial charge >= 0.3 is 0 Å². The number of carbonyl (C=O) groups excluding carboxylic acids is 1. The summed E-state index contributed by atoms with van der Waals surface area (Å²) in [4.78, 5) is 14.1. The molecule has 0 aromatic rings. The highest BCUT2D eigenvalue weighted by Gasteiger charge is 2.56. The van der Waals surface area contributed by atoms with E-state index in [1.807, 2.05) is 0 Å². The maximum Gasteiger partial charge on any atom is 0.219 e. The Morgan fingerprint density at radius 3 is 2.06 bits per heavy atom. The first-order valence-corrected chi connectivity index (χ1v) is 13.8. The van der Waals surface area contributed by atoms with Gasteiger partial charge in [-0.15, -0.1) is 0 Å². The summed E-state index contributed by atoms with van der Waals surface area (Å²) in [6.45, 7) is 7.19. The van der Waals surface area contributed by atoms with Crippen LogP contribution in [0.1, 0.15) is 33.6 Å². The number of ether oxygens (including phenoxy) is 1. The summed E-state index contributed by atoms with van der Waals surface area (Å²) in [6.07, 6.45) is 2.68. The zero-order valence-electron chi connectivity index (χ0n) is 21.4. The van der Waals surface area contributed by atoms with E-state index < -0.39 is 10.0 Å². The molecule has 1 aliphatic carbocycles. The molecule has 2 fully saturated rings. The Hall–Kier alpha value is -0.270. The first-order valence-electron chi connectivity index (χ1n) is 12.0. The monoisotopic (exact) mass is 446 g/mol. The molecule has 1 aliphatic heterocycles. The first kappa shape index (κ1) is 27.0. The second-order valence-corrected chi connectivity index (χ2v) is 12.9. The van der Waals surface area contributed by atoms with Crippen molar-refractivity contribution >= 4 is 63.0 Å². The molecule has 0 radical (unpaired) electrons. The minimum Gasteiger partial charge on any atom is -0.383 e. The molecule has 6 atom stereocenters. The van der Waals surface area contributed by atoms with E-state index in [4.69, 9.17) is 4.74 Å². The second-order valence-electron chi connectivity index (χ2n) is 11.1. The molecule has 2 aliphatic rings. The number of nitrogens with zero attached hydrogens (tertiary/aromatic N) is 1. The van der Waals surface area contributed by atoms with Gasteiger partial charge in [0, 0.05) is 25.0 Å². The van der Waals surface area contributed by atoms with Gasteiger partial charge in [-0.25, -0.2) is 13.1 Å². The molecule has 6 nitrogen and oxygen atoms in total. The van der Waals surface area contributed by atoms with Crippen LogP contribution in [0.2, 0.25) is 28.6 Å². The van der Waals surface area contributed by atoms with Crippen LogP contribution in [-0.4, -0.2) is 103 Å². The van der Waals surface area contributed by atoms with Crippen molar-refractivity contribution in [2.45, 2.75) is 79.8 Å². The zero-order valence-corrected chi connectivity index (χ0v) is 22.2. The number of rotatable bonds is 6. The Labute approximate surface area is 195 Å². The molecular weight excluding hydrogens is 405 g/mol. The normalized spacial score (nSPS) is 41.9. The van der Waals surface area contributed by atoms with Crippen LogP contribution >= 0.6 is 0 Å². The Bertz CT molecular complexity index is 754. The van der Waals surface area contributed by atoms with Crippen molar-refractivity contribution in [2.24, 2.45) is 5.92 Å². The molecule has 0 spiro atoms. The molecule has 1 N–H and O–H groups in total. The van der Waals surface area contributed by atoms with Crippen molar-refractivity contribution in [3.05, 3.63) is 0 Å². The average molecular weight is 445 g/mol. The van der Waals surface area contributed by atoms with E-state index in [0.29, 0.717) is 48.8 Å².